The van der Waals surface area contributed by atoms with Gasteiger partial charge in [0.25, 0.3) is 5.24 Å². The second kappa shape index (κ2) is 2.59. The molecule has 3 nitrogen and oxygen atoms in total. The predicted octanol–water partition coefficient (Wildman–Crippen LogP) is 1.45. The second-order valence-electron chi connectivity index (χ2n) is 1.35. The van der Waals surface area contributed by atoms with Crippen LogP contribution in [-0.2, 0) is 0 Å². The van der Waals surface area contributed by atoms with Gasteiger partial charge in [0.15, 0.2) is 5.09 Å². The molecule has 0 spiro atoms. The molecule has 1 rings (SSSR count). The molecule has 0 aliphatic heterocycles. The number of rotatable bonds is 1. The quantitative estimate of drug-likeness (QED) is 0.605. The van der Waals surface area contributed by atoms with Crippen LogP contribution < -0.4 is 5.73 Å². The smallest absolute Gasteiger partial charge is 0.284 e. The summed E-state index contributed by atoms with van der Waals surface area (Å²) in [6.07, 6.45) is 1.49. The molecule has 0 saturated carbocycles. The molecule has 0 unspecified atom stereocenters. The molecule has 2 N–H and O–H groups in total. The molecule has 0 fully saturated rings. The highest BCUT2D eigenvalue weighted by Crippen LogP contribution is 2.16. The monoisotopic (exact) mass is 143 g/mol. The van der Waals surface area contributed by atoms with Gasteiger partial charge in [-0.3, -0.25) is 4.79 Å². The van der Waals surface area contributed by atoms with E-state index in [-0.39, 0.29) is 0 Å². The fraction of sp³-hybridized carbons (Fsp3) is 0. The zero-order chi connectivity index (χ0) is 6.69. The van der Waals surface area contributed by atoms with Gasteiger partial charge in [0.05, 0.1) is 6.26 Å². The van der Waals surface area contributed by atoms with Crippen LogP contribution in [-0.4, -0.2) is 5.24 Å². The molecule has 1 aromatic heterocycles. The van der Waals surface area contributed by atoms with Gasteiger partial charge in [0.1, 0.15) is 0 Å². The lowest BCUT2D eigenvalue weighted by Gasteiger charge is -1.85. The Hall–Kier alpha value is -0.900. The van der Waals surface area contributed by atoms with Gasteiger partial charge >= 0.3 is 0 Å². The first-order valence-electron chi connectivity index (χ1n) is 2.30. The van der Waals surface area contributed by atoms with E-state index in [1.54, 1.807) is 12.1 Å². The minimum atomic E-state index is -0.454. The number of amides is 1. The van der Waals surface area contributed by atoms with Crippen LogP contribution >= 0.6 is 11.8 Å². The lowest BCUT2D eigenvalue weighted by Crippen LogP contribution is -2.00. The average Bonchev–Trinajstić information content (AvgIpc) is 2.15. The molecule has 0 aliphatic rings. The summed E-state index contributed by atoms with van der Waals surface area (Å²) >= 11 is 0.877. The lowest BCUT2D eigenvalue weighted by atomic mass is 10.7. The normalized spacial score (nSPS) is 9.33. The highest BCUT2D eigenvalue weighted by Gasteiger charge is 1.99. The summed E-state index contributed by atoms with van der Waals surface area (Å²) in [5.74, 6) is 0. The van der Waals surface area contributed by atoms with Crippen LogP contribution in [0.2, 0.25) is 0 Å². The van der Waals surface area contributed by atoms with E-state index in [1.165, 1.54) is 6.26 Å². The van der Waals surface area contributed by atoms with Gasteiger partial charge in [-0.1, -0.05) is 0 Å². The summed E-state index contributed by atoms with van der Waals surface area (Å²) in [5.41, 5.74) is 4.85. The van der Waals surface area contributed by atoms with Gasteiger partial charge < -0.3 is 10.2 Å². The van der Waals surface area contributed by atoms with Gasteiger partial charge in [0.2, 0.25) is 0 Å². The van der Waals surface area contributed by atoms with Gasteiger partial charge in [-0.2, -0.15) is 0 Å². The Labute approximate surface area is 56.2 Å². The number of carbonyl (C=O) groups excluding carboxylic acids is 1. The largest absolute Gasteiger partial charge is 0.458 e. The van der Waals surface area contributed by atoms with E-state index in [0.29, 0.717) is 5.09 Å². The third-order valence-electron chi connectivity index (χ3n) is 0.696. The molecule has 4 heteroatoms. The zero-order valence-electron chi connectivity index (χ0n) is 4.53. The SMILES string of the molecule is NC(=O)Sc1ccco1. The highest BCUT2D eigenvalue weighted by molar-refractivity contribution is 8.13. The summed E-state index contributed by atoms with van der Waals surface area (Å²) in [5, 5.41) is 0.0763. The third kappa shape index (κ3) is 1.81. The van der Waals surface area contributed by atoms with Gasteiger partial charge in [-0.05, 0) is 12.1 Å². The molecular formula is C5H5NO2S. The van der Waals surface area contributed by atoms with Crippen LogP contribution in [0.15, 0.2) is 27.9 Å². The molecule has 9 heavy (non-hydrogen) atoms. The maximum absolute atomic E-state index is 10.2. The number of thioether (sulfide) groups is 1. The number of furan rings is 1. The molecule has 0 aromatic carbocycles. The van der Waals surface area contributed by atoms with Crippen molar-refractivity contribution in [3.05, 3.63) is 18.4 Å². The maximum Gasteiger partial charge on any atom is 0.284 e. The number of hydrogen-bond acceptors (Lipinski definition) is 3. The van der Waals surface area contributed by atoms with Crippen molar-refractivity contribution in [1.29, 1.82) is 0 Å². The number of hydrogen-bond donors (Lipinski definition) is 1. The fourth-order valence-electron chi connectivity index (χ4n) is 0.421. The third-order valence-corrected chi connectivity index (χ3v) is 1.33. The number of carbonyl (C=O) groups is 1. The molecule has 1 heterocycles. The first-order chi connectivity index (χ1) is 4.29. The van der Waals surface area contributed by atoms with Crippen molar-refractivity contribution in [3.63, 3.8) is 0 Å². The van der Waals surface area contributed by atoms with Crippen molar-refractivity contribution in [2.45, 2.75) is 5.09 Å². The van der Waals surface area contributed by atoms with Crippen LogP contribution in [0.4, 0.5) is 4.79 Å². The predicted molar refractivity (Wildman–Crippen MR) is 34.1 cm³/mol. The summed E-state index contributed by atoms with van der Waals surface area (Å²) < 4.78 is 4.81. The van der Waals surface area contributed by atoms with Crippen molar-refractivity contribution >= 4 is 17.0 Å². The fourth-order valence-corrected chi connectivity index (χ4v) is 0.869. The zero-order valence-corrected chi connectivity index (χ0v) is 5.35. The number of primary amides is 1. The summed E-state index contributed by atoms with van der Waals surface area (Å²) in [6.45, 7) is 0. The molecule has 1 aromatic rings. The first-order valence-corrected chi connectivity index (χ1v) is 3.11. The van der Waals surface area contributed by atoms with E-state index in [9.17, 15) is 4.79 Å². The Morgan fingerprint density at radius 3 is 3.00 bits per heavy atom. The molecule has 0 bridgehead atoms. The standard InChI is InChI=1S/C5H5NO2S/c6-5(7)9-4-2-1-3-8-4/h1-3H,(H2,6,7). The van der Waals surface area contributed by atoms with Crippen LogP contribution in [0.1, 0.15) is 0 Å². The Bertz CT molecular complexity index is 195. The molecule has 0 saturated heterocycles. The maximum atomic E-state index is 10.2. The second-order valence-corrected chi connectivity index (χ2v) is 2.36. The Morgan fingerprint density at radius 1 is 1.78 bits per heavy atom. The molecule has 0 atom stereocenters. The van der Waals surface area contributed by atoms with E-state index in [4.69, 9.17) is 10.2 Å². The van der Waals surface area contributed by atoms with E-state index < -0.39 is 5.24 Å². The van der Waals surface area contributed by atoms with E-state index in [1.807, 2.05) is 0 Å². The minimum absolute atomic E-state index is 0.454. The summed E-state index contributed by atoms with van der Waals surface area (Å²) in [6, 6.07) is 3.38. The van der Waals surface area contributed by atoms with Crippen LogP contribution in [0.25, 0.3) is 0 Å². The van der Waals surface area contributed by atoms with Crippen LogP contribution in [0, 0.1) is 0 Å². The Morgan fingerprint density at radius 2 is 2.56 bits per heavy atom. The van der Waals surface area contributed by atoms with E-state index >= 15 is 0 Å². The Balaban J connectivity index is 2.58. The molecule has 48 valence electrons. The van der Waals surface area contributed by atoms with Crippen molar-refractivity contribution < 1.29 is 9.21 Å². The Kier molecular flexibility index (Phi) is 1.79. The summed E-state index contributed by atoms with van der Waals surface area (Å²) in [7, 11) is 0. The van der Waals surface area contributed by atoms with Crippen LogP contribution in [0.3, 0.4) is 0 Å². The minimum Gasteiger partial charge on any atom is -0.458 e. The molecular weight excluding hydrogens is 138 g/mol. The average molecular weight is 143 g/mol. The number of nitrogens with two attached hydrogens (primary N) is 1. The van der Waals surface area contributed by atoms with Crippen molar-refractivity contribution in [3.8, 4) is 0 Å². The van der Waals surface area contributed by atoms with Gasteiger partial charge in [-0.25, -0.2) is 0 Å². The van der Waals surface area contributed by atoms with Crippen molar-refractivity contribution in [2.24, 2.45) is 5.73 Å². The van der Waals surface area contributed by atoms with Gasteiger partial charge in [-0.15, -0.1) is 0 Å². The van der Waals surface area contributed by atoms with E-state index in [0.717, 1.165) is 11.8 Å². The van der Waals surface area contributed by atoms with E-state index in [2.05, 4.69) is 0 Å². The molecule has 1 amide bonds. The van der Waals surface area contributed by atoms with Gasteiger partial charge in [0, 0.05) is 11.8 Å². The molecule has 0 radical (unpaired) electrons. The first kappa shape index (κ1) is 6.22. The lowest BCUT2D eigenvalue weighted by molar-refractivity contribution is 0.267. The highest BCUT2D eigenvalue weighted by atomic mass is 32.2. The van der Waals surface area contributed by atoms with Crippen molar-refractivity contribution in [1.82, 2.24) is 0 Å². The summed E-state index contributed by atoms with van der Waals surface area (Å²) in [4.78, 5) is 10.2. The molecule has 0 aliphatic carbocycles. The van der Waals surface area contributed by atoms with Crippen molar-refractivity contribution in [2.75, 3.05) is 0 Å². The topological polar surface area (TPSA) is 56.2 Å². The van der Waals surface area contributed by atoms with Crippen LogP contribution in [0.5, 0.6) is 0 Å².